The standard InChI is InChI=1S/C18H20N2O/c1-18(14-19,13-12-15-8-4-3-5-9-15)20-16-10-6-7-11-17(16)21-2/h3-11,20H,12-13H2,1-2H3. The Kier molecular flexibility index (Phi) is 4.84. The van der Waals surface area contributed by atoms with Crippen molar-refractivity contribution in [1.82, 2.24) is 0 Å². The zero-order valence-electron chi connectivity index (χ0n) is 12.5. The van der Waals surface area contributed by atoms with Crippen LogP contribution in [0.4, 0.5) is 5.69 Å². The number of hydrogen-bond acceptors (Lipinski definition) is 3. The van der Waals surface area contributed by atoms with Gasteiger partial charge >= 0.3 is 0 Å². The van der Waals surface area contributed by atoms with Crippen LogP contribution in [0.1, 0.15) is 18.9 Å². The summed E-state index contributed by atoms with van der Waals surface area (Å²) in [6.45, 7) is 1.92. The van der Waals surface area contributed by atoms with Crippen molar-refractivity contribution >= 4 is 5.69 Å². The summed E-state index contributed by atoms with van der Waals surface area (Å²) < 4.78 is 5.33. The number of aryl methyl sites for hydroxylation is 1. The molecule has 2 aromatic rings. The van der Waals surface area contributed by atoms with Gasteiger partial charge in [0.05, 0.1) is 18.9 Å². The second-order valence-electron chi connectivity index (χ2n) is 5.25. The van der Waals surface area contributed by atoms with Gasteiger partial charge in [-0.05, 0) is 37.5 Å². The minimum Gasteiger partial charge on any atom is -0.495 e. The molecule has 0 heterocycles. The number of anilines is 1. The topological polar surface area (TPSA) is 45.0 Å². The van der Waals surface area contributed by atoms with Gasteiger partial charge in [-0.25, -0.2) is 0 Å². The summed E-state index contributed by atoms with van der Waals surface area (Å²) >= 11 is 0. The SMILES string of the molecule is COc1ccccc1NC(C)(C#N)CCc1ccccc1. The summed E-state index contributed by atoms with van der Waals surface area (Å²) in [5, 5.41) is 12.8. The van der Waals surface area contributed by atoms with Crippen molar-refractivity contribution in [2.24, 2.45) is 0 Å². The van der Waals surface area contributed by atoms with Gasteiger partial charge in [-0.1, -0.05) is 42.5 Å². The first-order valence-electron chi connectivity index (χ1n) is 7.03. The molecule has 0 saturated heterocycles. The van der Waals surface area contributed by atoms with E-state index >= 15 is 0 Å². The normalized spacial score (nSPS) is 13.0. The highest BCUT2D eigenvalue weighted by molar-refractivity contribution is 5.58. The van der Waals surface area contributed by atoms with Gasteiger partial charge in [-0.3, -0.25) is 0 Å². The number of methoxy groups -OCH3 is 1. The van der Waals surface area contributed by atoms with Gasteiger partial charge < -0.3 is 10.1 Å². The van der Waals surface area contributed by atoms with E-state index in [9.17, 15) is 5.26 Å². The molecule has 0 aliphatic rings. The van der Waals surface area contributed by atoms with Crippen LogP contribution in [0.2, 0.25) is 0 Å². The summed E-state index contributed by atoms with van der Waals surface area (Å²) in [4.78, 5) is 0. The Balaban J connectivity index is 2.09. The number of nitrogens with zero attached hydrogens (tertiary/aromatic N) is 1. The first-order chi connectivity index (χ1) is 10.2. The van der Waals surface area contributed by atoms with Crippen LogP contribution in [0, 0.1) is 11.3 Å². The lowest BCUT2D eigenvalue weighted by molar-refractivity contribution is 0.415. The Morgan fingerprint density at radius 2 is 1.76 bits per heavy atom. The zero-order valence-corrected chi connectivity index (χ0v) is 12.5. The molecule has 0 radical (unpaired) electrons. The highest BCUT2D eigenvalue weighted by Crippen LogP contribution is 2.28. The van der Waals surface area contributed by atoms with Gasteiger partial charge in [0.25, 0.3) is 0 Å². The molecule has 0 aliphatic heterocycles. The molecular formula is C18H20N2O. The maximum absolute atomic E-state index is 9.53. The summed E-state index contributed by atoms with van der Waals surface area (Å²) in [5.74, 6) is 0.749. The van der Waals surface area contributed by atoms with E-state index in [1.807, 2.05) is 49.4 Å². The number of para-hydroxylation sites is 2. The average Bonchev–Trinajstić information content (AvgIpc) is 2.54. The van der Waals surface area contributed by atoms with Crippen LogP contribution in [0.5, 0.6) is 5.75 Å². The molecule has 108 valence electrons. The van der Waals surface area contributed by atoms with Crippen molar-refractivity contribution in [3.05, 3.63) is 60.2 Å². The second kappa shape index (κ2) is 6.81. The molecule has 3 heteroatoms. The number of ether oxygens (including phenoxy) is 1. The summed E-state index contributed by atoms with van der Waals surface area (Å²) in [6.07, 6.45) is 1.58. The van der Waals surface area contributed by atoms with Crippen LogP contribution < -0.4 is 10.1 Å². The van der Waals surface area contributed by atoms with E-state index in [1.165, 1.54) is 5.56 Å². The summed E-state index contributed by atoms with van der Waals surface area (Å²) in [5.41, 5.74) is 1.45. The van der Waals surface area contributed by atoms with Gasteiger partial charge in [-0.2, -0.15) is 5.26 Å². The van der Waals surface area contributed by atoms with E-state index in [-0.39, 0.29) is 0 Å². The molecule has 3 nitrogen and oxygen atoms in total. The van der Waals surface area contributed by atoms with Gasteiger partial charge in [0.15, 0.2) is 0 Å². The van der Waals surface area contributed by atoms with Crippen molar-refractivity contribution in [2.45, 2.75) is 25.3 Å². The lowest BCUT2D eigenvalue weighted by Gasteiger charge is -2.25. The van der Waals surface area contributed by atoms with E-state index in [1.54, 1.807) is 7.11 Å². The van der Waals surface area contributed by atoms with E-state index in [4.69, 9.17) is 4.74 Å². The molecule has 2 rings (SSSR count). The fourth-order valence-corrected chi connectivity index (χ4v) is 2.23. The molecule has 21 heavy (non-hydrogen) atoms. The molecule has 0 aromatic heterocycles. The number of nitrogens with one attached hydrogen (secondary N) is 1. The molecule has 0 bridgehead atoms. The molecule has 2 aromatic carbocycles. The van der Waals surface area contributed by atoms with E-state index in [0.29, 0.717) is 0 Å². The number of nitriles is 1. The molecular weight excluding hydrogens is 260 g/mol. The van der Waals surface area contributed by atoms with E-state index < -0.39 is 5.54 Å². The molecule has 1 N–H and O–H groups in total. The van der Waals surface area contributed by atoms with Crippen molar-refractivity contribution < 1.29 is 4.74 Å². The Hall–Kier alpha value is -2.47. The zero-order chi connectivity index (χ0) is 15.1. The smallest absolute Gasteiger partial charge is 0.141 e. The van der Waals surface area contributed by atoms with Crippen molar-refractivity contribution in [2.75, 3.05) is 12.4 Å². The van der Waals surface area contributed by atoms with Gasteiger partial charge in [0.2, 0.25) is 0 Å². The predicted molar refractivity (Wildman–Crippen MR) is 85.4 cm³/mol. The molecule has 0 saturated carbocycles. The fourth-order valence-electron chi connectivity index (χ4n) is 2.23. The molecule has 0 spiro atoms. The quantitative estimate of drug-likeness (QED) is 0.869. The maximum atomic E-state index is 9.53. The lowest BCUT2D eigenvalue weighted by Crippen LogP contribution is -2.33. The monoisotopic (exact) mass is 280 g/mol. The highest BCUT2D eigenvalue weighted by Gasteiger charge is 2.24. The Morgan fingerprint density at radius 1 is 1.10 bits per heavy atom. The number of hydrogen-bond donors (Lipinski definition) is 1. The average molecular weight is 280 g/mol. The first kappa shape index (κ1) is 14.9. The van der Waals surface area contributed by atoms with Gasteiger partial charge in [0.1, 0.15) is 11.3 Å². The Bertz CT molecular complexity index is 619. The van der Waals surface area contributed by atoms with Crippen LogP contribution in [0.15, 0.2) is 54.6 Å². The van der Waals surface area contributed by atoms with Crippen LogP contribution in [-0.2, 0) is 6.42 Å². The Morgan fingerprint density at radius 3 is 2.43 bits per heavy atom. The number of benzene rings is 2. The first-order valence-corrected chi connectivity index (χ1v) is 7.03. The third kappa shape index (κ3) is 4.00. The molecule has 1 atom stereocenters. The largest absolute Gasteiger partial charge is 0.495 e. The van der Waals surface area contributed by atoms with Gasteiger partial charge in [-0.15, -0.1) is 0 Å². The summed E-state index contributed by atoms with van der Waals surface area (Å²) in [6, 6.07) is 20.2. The van der Waals surface area contributed by atoms with Crippen LogP contribution in [0.3, 0.4) is 0 Å². The van der Waals surface area contributed by atoms with Crippen molar-refractivity contribution in [1.29, 1.82) is 5.26 Å². The highest BCUT2D eigenvalue weighted by atomic mass is 16.5. The van der Waals surface area contributed by atoms with E-state index in [2.05, 4.69) is 23.5 Å². The summed E-state index contributed by atoms with van der Waals surface area (Å²) in [7, 11) is 1.63. The maximum Gasteiger partial charge on any atom is 0.141 e. The van der Waals surface area contributed by atoms with Crippen LogP contribution in [0.25, 0.3) is 0 Å². The van der Waals surface area contributed by atoms with E-state index in [0.717, 1.165) is 24.3 Å². The van der Waals surface area contributed by atoms with Crippen molar-refractivity contribution in [3.8, 4) is 11.8 Å². The number of rotatable bonds is 6. The molecule has 0 amide bonds. The second-order valence-corrected chi connectivity index (χ2v) is 5.25. The predicted octanol–water partition coefficient (Wildman–Crippen LogP) is 4.02. The van der Waals surface area contributed by atoms with Crippen LogP contribution in [-0.4, -0.2) is 12.6 Å². The van der Waals surface area contributed by atoms with Crippen LogP contribution >= 0.6 is 0 Å². The van der Waals surface area contributed by atoms with Crippen molar-refractivity contribution in [3.63, 3.8) is 0 Å². The molecule has 0 fully saturated rings. The molecule has 1 unspecified atom stereocenters. The Labute approximate surface area is 126 Å². The lowest BCUT2D eigenvalue weighted by atomic mass is 9.94. The fraction of sp³-hybridized carbons (Fsp3) is 0.278. The third-order valence-corrected chi connectivity index (χ3v) is 3.52. The minimum absolute atomic E-state index is 0.634. The van der Waals surface area contributed by atoms with Gasteiger partial charge in [0, 0.05) is 0 Å². The third-order valence-electron chi connectivity index (χ3n) is 3.52. The molecule has 0 aliphatic carbocycles. The minimum atomic E-state index is -0.634.